The van der Waals surface area contributed by atoms with Gasteiger partial charge in [0.15, 0.2) is 0 Å². The predicted octanol–water partition coefficient (Wildman–Crippen LogP) is 12.4. The second-order valence-electron chi connectivity index (χ2n) is 13.2. The average Bonchev–Trinajstić information content (AvgIpc) is 3.59. The van der Waals surface area contributed by atoms with Gasteiger partial charge in [0.2, 0.25) is 0 Å². The lowest BCUT2D eigenvalue weighted by molar-refractivity contribution is 0.659. The third-order valence-corrected chi connectivity index (χ3v) is 12.8. The van der Waals surface area contributed by atoms with E-state index in [1.165, 1.54) is 74.8 Å². The lowest BCUT2D eigenvalue weighted by atomic mass is 9.82. The molecule has 0 unspecified atom stereocenters. The summed E-state index contributed by atoms with van der Waals surface area (Å²) < 4.78 is 2.39. The molecular weight excluding hydrogens is 621 g/mol. The summed E-state index contributed by atoms with van der Waals surface area (Å²) in [7, 11) is 0. The van der Waals surface area contributed by atoms with Crippen LogP contribution in [0.3, 0.4) is 0 Å². The minimum absolute atomic E-state index is 0.0158. The SMILES string of the molecule is CC1(C)c2ccccc2-c2c1ccc1c2Sc2c(cccc2-c2ccc3c(c2)c2cc(-c4ccccn4)ccc2n3-c2ccccc2)S1. The molecule has 3 heterocycles. The van der Waals surface area contributed by atoms with Gasteiger partial charge >= 0.3 is 0 Å². The molecule has 1 aliphatic carbocycles. The Labute approximate surface area is 288 Å². The van der Waals surface area contributed by atoms with E-state index in [2.05, 4.69) is 157 Å². The van der Waals surface area contributed by atoms with E-state index in [9.17, 15) is 0 Å². The first-order valence-electron chi connectivity index (χ1n) is 16.4. The van der Waals surface area contributed by atoms with Gasteiger partial charge in [-0.3, -0.25) is 4.98 Å². The minimum Gasteiger partial charge on any atom is -0.309 e. The van der Waals surface area contributed by atoms with Crippen LogP contribution in [0.4, 0.5) is 0 Å². The molecule has 0 N–H and O–H groups in total. The van der Waals surface area contributed by atoms with Crippen LogP contribution in [-0.4, -0.2) is 9.55 Å². The summed E-state index contributed by atoms with van der Waals surface area (Å²) in [5.41, 5.74) is 13.8. The largest absolute Gasteiger partial charge is 0.309 e. The molecule has 228 valence electrons. The number of para-hydroxylation sites is 1. The van der Waals surface area contributed by atoms with E-state index in [1.54, 1.807) is 0 Å². The molecular formula is C44H30N2S2. The molecule has 2 nitrogen and oxygen atoms in total. The van der Waals surface area contributed by atoms with Crippen LogP contribution in [0.25, 0.3) is 61.0 Å². The zero-order valence-corrected chi connectivity index (χ0v) is 28.2. The number of pyridine rings is 1. The Morgan fingerprint density at radius 1 is 0.542 bits per heavy atom. The summed E-state index contributed by atoms with van der Waals surface area (Å²) in [5, 5.41) is 2.47. The zero-order valence-electron chi connectivity index (χ0n) is 26.6. The molecule has 0 fully saturated rings. The Balaban J connectivity index is 1.17. The number of hydrogen-bond acceptors (Lipinski definition) is 3. The molecule has 2 aliphatic rings. The van der Waals surface area contributed by atoms with Crippen molar-refractivity contribution < 1.29 is 0 Å². The lowest BCUT2D eigenvalue weighted by Gasteiger charge is -2.25. The van der Waals surface area contributed by atoms with Crippen LogP contribution in [0, 0.1) is 0 Å². The first-order valence-corrected chi connectivity index (χ1v) is 18.0. The maximum absolute atomic E-state index is 4.67. The number of hydrogen-bond donors (Lipinski definition) is 0. The van der Waals surface area contributed by atoms with Crippen molar-refractivity contribution in [3.05, 3.63) is 157 Å². The molecule has 10 rings (SSSR count). The van der Waals surface area contributed by atoms with E-state index in [0.29, 0.717) is 0 Å². The summed E-state index contributed by atoms with van der Waals surface area (Å²) in [6, 6.07) is 51.1. The maximum Gasteiger partial charge on any atom is 0.0702 e. The van der Waals surface area contributed by atoms with E-state index in [1.807, 2.05) is 35.8 Å². The second kappa shape index (κ2) is 10.5. The quantitative estimate of drug-likeness (QED) is 0.189. The van der Waals surface area contributed by atoms with Crippen molar-refractivity contribution in [1.29, 1.82) is 0 Å². The normalized spacial score (nSPS) is 14.0. The fourth-order valence-electron chi connectivity index (χ4n) is 7.81. The fraction of sp³-hybridized carbons (Fsp3) is 0.0682. The number of aromatic nitrogens is 2. The third-order valence-electron chi connectivity index (χ3n) is 10.1. The van der Waals surface area contributed by atoms with E-state index in [0.717, 1.165) is 16.9 Å². The van der Waals surface area contributed by atoms with Crippen molar-refractivity contribution in [1.82, 2.24) is 9.55 Å². The van der Waals surface area contributed by atoms with Gasteiger partial charge in [-0.2, -0.15) is 0 Å². The van der Waals surface area contributed by atoms with Crippen molar-refractivity contribution in [2.24, 2.45) is 0 Å². The third kappa shape index (κ3) is 4.06. The first kappa shape index (κ1) is 28.0. The van der Waals surface area contributed by atoms with Gasteiger partial charge in [-0.1, -0.05) is 116 Å². The van der Waals surface area contributed by atoms with E-state index in [-0.39, 0.29) is 5.41 Å². The monoisotopic (exact) mass is 650 g/mol. The molecule has 6 aromatic carbocycles. The minimum atomic E-state index is -0.0158. The van der Waals surface area contributed by atoms with Crippen molar-refractivity contribution in [3.8, 4) is 39.2 Å². The Morgan fingerprint density at radius 3 is 2.06 bits per heavy atom. The highest BCUT2D eigenvalue weighted by molar-refractivity contribution is 8.05. The van der Waals surface area contributed by atoms with Gasteiger partial charge in [-0.15, -0.1) is 0 Å². The van der Waals surface area contributed by atoms with Crippen LogP contribution in [0.5, 0.6) is 0 Å². The van der Waals surface area contributed by atoms with E-state index < -0.39 is 0 Å². The van der Waals surface area contributed by atoms with Crippen molar-refractivity contribution in [2.75, 3.05) is 0 Å². The van der Waals surface area contributed by atoms with Gasteiger partial charge in [0.1, 0.15) is 0 Å². The summed E-state index contributed by atoms with van der Waals surface area (Å²) >= 11 is 3.86. The van der Waals surface area contributed by atoms with Crippen molar-refractivity contribution >= 4 is 45.3 Å². The summed E-state index contributed by atoms with van der Waals surface area (Å²) in [5.74, 6) is 0. The van der Waals surface area contributed by atoms with Gasteiger partial charge in [-0.25, -0.2) is 0 Å². The molecule has 0 saturated carbocycles. The number of nitrogens with zero attached hydrogens (tertiary/aromatic N) is 2. The summed E-state index contributed by atoms with van der Waals surface area (Å²) in [6.07, 6.45) is 1.87. The van der Waals surface area contributed by atoms with Crippen LogP contribution >= 0.6 is 23.5 Å². The summed E-state index contributed by atoms with van der Waals surface area (Å²) in [4.78, 5) is 10.1. The highest BCUT2D eigenvalue weighted by atomic mass is 32.2. The van der Waals surface area contributed by atoms with Gasteiger partial charge in [0.05, 0.1) is 16.7 Å². The van der Waals surface area contributed by atoms with E-state index >= 15 is 0 Å². The van der Waals surface area contributed by atoms with Crippen LogP contribution in [0.2, 0.25) is 0 Å². The van der Waals surface area contributed by atoms with Gasteiger partial charge in [0.25, 0.3) is 0 Å². The maximum atomic E-state index is 4.67. The first-order chi connectivity index (χ1) is 23.6. The highest BCUT2D eigenvalue weighted by Crippen LogP contribution is 2.59. The van der Waals surface area contributed by atoms with Crippen LogP contribution in [-0.2, 0) is 5.41 Å². The fourth-order valence-corrected chi connectivity index (χ4v) is 10.4. The molecule has 1 aliphatic heterocycles. The average molecular weight is 651 g/mol. The zero-order chi connectivity index (χ0) is 32.0. The molecule has 48 heavy (non-hydrogen) atoms. The van der Waals surface area contributed by atoms with Crippen molar-refractivity contribution in [3.63, 3.8) is 0 Å². The molecule has 0 amide bonds. The molecule has 8 aromatic rings. The van der Waals surface area contributed by atoms with Gasteiger partial charge in [0, 0.05) is 58.8 Å². The smallest absolute Gasteiger partial charge is 0.0702 e. The van der Waals surface area contributed by atoms with Crippen LogP contribution < -0.4 is 0 Å². The Kier molecular flexibility index (Phi) is 6.12. The molecule has 0 bridgehead atoms. The van der Waals surface area contributed by atoms with Crippen LogP contribution in [0.1, 0.15) is 25.0 Å². The Morgan fingerprint density at radius 2 is 1.25 bits per heavy atom. The highest BCUT2D eigenvalue weighted by Gasteiger charge is 2.38. The Bertz CT molecular complexity index is 2580. The second-order valence-corrected chi connectivity index (χ2v) is 15.3. The van der Waals surface area contributed by atoms with Crippen molar-refractivity contribution in [2.45, 2.75) is 38.8 Å². The predicted molar refractivity (Wildman–Crippen MR) is 202 cm³/mol. The summed E-state index contributed by atoms with van der Waals surface area (Å²) in [6.45, 7) is 4.73. The van der Waals surface area contributed by atoms with Gasteiger partial charge < -0.3 is 4.57 Å². The Hall–Kier alpha value is -5.03. The number of benzene rings is 6. The van der Waals surface area contributed by atoms with Crippen LogP contribution in [0.15, 0.2) is 165 Å². The molecule has 0 radical (unpaired) electrons. The number of rotatable bonds is 3. The van der Waals surface area contributed by atoms with Gasteiger partial charge in [-0.05, 0) is 88.5 Å². The molecule has 0 spiro atoms. The molecule has 0 atom stereocenters. The van der Waals surface area contributed by atoms with E-state index in [4.69, 9.17) is 0 Å². The standard InChI is InChI=1S/C44H30N2S2/c1-44(2)34-15-7-6-13-31(34)41-35(44)20-23-40-43(41)48-42-30(14-10-17-39(42)47-40)27-18-21-37-32(25-27)33-26-28(36-16-8-9-24-45-36)19-22-38(33)46(37)29-11-4-3-5-12-29/h3-26H,1-2H3. The molecule has 0 saturated heterocycles. The topological polar surface area (TPSA) is 17.8 Å². The lowest BCUT2D eigenvalue weighted by Crippen LogP contribution is -2.14. The molecule has 2 aromatic heterocycles. The number of fused-ring (bicyclic) bond motifs is 9. The molecule has 4 heteroatoms.